The van der Waals surface area contributed by atoms with E-state index in [9.17, 15) is 17.6 Å². The number of ether oxygens (including phenoxy) is 1. The molecule has 8 heteroatoms. The van der Waals surface area contributed by atoms with Crippen LogP contribution in [0.5, 0.6) is 0 Å². The van der Waals surface area contributed by atoms with Crippen LogP contribution in [0.15, 0.2) is 23.1 Å². The summed E-state index contributed by atoms with van der Waals surface area (Å²) in [6.07, 6.45) is 2.94. The fourth-order valence-corrected chi connectivity index (χ4v) is 7.12. The molecule has 0 unspecified atom stereocenters. The van der Waals surface area contributed by atoms with Crippen LogP contribution in [0, 0.1) is 16.6 Å². The lowest BCUT2D eigenvalue weighted by molar-refractivity contribution is 0.0706. The van der Waals surface area contributed by atoms with Gasteiger partial charge >= 0.3 is 0 Å². The highest BCUT2D eigenvalue weighted by atomic mass is 32.2. The van der Waals surface area contributed by atoms with Crippen molar-refractivity contribution in [1.82, 2.24) is 9.21 Å². The molecule has 1 aromatic rings. The average Bonchev–Trinajstić information content (AvgIpc) is 2.90. The van der Waals surface area contributed by atoms with Gasteiger partial charge in [0.2, 0.25) is 10.0 Å². The molecule has 6 nitrogen and oxygen atoms in total. The number of benzene rings is 1. The summed E-state index contributed by atoms with van der Waals surface area (Å²) in [6.45, 7) is 8.26. The van der Waals surface area contributed by atoms with Crippen LogP contribution in [0.3, 0.4) is 0 Å². The zero-order valence-corrected chi connectivity index (χ0v) is 18.1. The molecule has 2 saturated heterocycles. The summed E-state index contributed by atoms with van der Waals surface area (Å²) in [5, 5.41) is 0. The zero-order chi connectivity index (χ0) is 21.0. The molecule has 3 fully saturated rings. The van der Waals surface area contributed by atoms with E-state index in [1.807, 2.05) is 4.90 Å². The number of hydrogen-bond donors (Lipinski definition) is 0. The first-order valence-corrected chi connectivity index (χ1v) is 11.6. The summed E-state index contributed by atoms with van der Waals surface area (Å²) >= 11 is 0. The third-order valence-electron chi connectivity index (χ3n) is 6.44. The van der Waals surface area contributed by atoms with Crippen LogP contribution in [0.4, 0.5) is 4.39 Å². The van der Waals surface area contributed by atoms with Gasteiger partial charge in [-0.1, -0.05) is 20.8 Å². The number of sulfonamides is 1. The van der Waals surface area contributed by atoms with Gasteiger partial charge in [-0.25, -0.2) is 12.8 Å². The maximum absolute atomic E-state index is 14.5. The Morgan fingerprint density at radius 2 is 1.86 bits per heavy atom. The Kier molecular flexibility index (Phi) is 5.03. The fourth-order valence-electron chi connectivity index (χ4n) is 5.62. The lowest BCUT2D eigenvalue weighted by atomic mass is 9.65. The summed E-state index contributed by atoms with van der Waals surface area (Å²) < 4.78 is 46.7. The number of carbonyl (C=O) groups is 1. The molecule has 0 radical (unpaired) electrons. The Bertz CT molecular complexity index is 927. The van der Waals surface area contributed by atoms with Crippen LogP contribution in [0.25, 0.3) is 0 Å². The summed E-state index contributed by atoms with van der Waals surface area (Å²) in [5.41, 5.74) is 0.470. The number of morpholine rings is 1. The summed E-state index contributed by atoms with van der Waals surface area (Å²) in [6, 6.07) is 3.83. The standard InChI is InChI=1S/C21H29FN2O4S/c1-20(2)11-16-12-21(3,13-20)14-24(16)19(25)15-4-5-17(22)18(10-15)29(26,27)23-6-8-28-9-7-23/h4-5,10,16H,6-9,11-14H2,1-3H3/t16-,21-/m0/s1. The highest BCUT2D eigenvalue weighted by Gasteiger charge is 2.51. The first-order chi connectivity index (χ1) is 13.5. The van der Waals surface area contributed by atoms with Gasteiger partial charge in [0.05, 0.1) is 13.2 Å². The van der Waals surface area contributed by atoms with E-state index in [2.05, 4.69) is 20.8 Å². The first kappa shape index (κ1) is 20.8. The molecule has 3 aliphatic rings. The molecule has 160 valence electrons. The molecule has 1 amide bonds. The number of halogens is 1. The predicted molar refractivity (Wildman–Crippen MR) is 107 cm³/mol. The topological polar surface area (TPSA) is 66.9 Å². The minimum Gasteiger partial charge on any atom is -0.379 e. The minimum absolute atomic E-state index is 0.0742. The van der Waals surface area contributed by atoms with Crippen molar-refractivity contribution in [3.8, 4) is 0 Å². The van der Waals surface area contributed by atoms with Gasteiger partial charge in [-0.3, -0.25) is 4.79 Å². The van der Waals surface area contributed by atoms with E-state index in [1.54, 1.807) is 0 Å². The van der Waals surface area contributed by atoms with Gasteiger partial charge in [0, 0.05) is 31.2 Å². The molecular formula is C21H29FN2O4S. The van der Waals surface area contributed by atoms with Gasteiger partial charge in [-0.05, 0) is 48.3 Å². The maximum Gasteiger partial charge on any atom is 0.254 e. The third kappa shape index (κ3) is 3.82. The van der Waals surface area contributed by atoms with Gasteiger partial charge < -0.3 is 9.64 Å². The maximum atomic E-state index is 14.5. The number of fused-ring (bicyclic) bond motifs is 2. The predicted octanol–water partition coefficient (Wildman–Crippen LogP) is 2.89. The van der Waals surface area contributed by atoms with Crippen molar-refractivity contribution in [2.45, 2.75) is 51.0 Å². The normalized spacial score (nSPS) is 29.8. The summed E-state index contributed by atoms with van der Waals surface area (Å²) in [7, 11) is -4.01. The van der Waals surface area contributed by atoms with Crippen LogP contribution in [0.1, 0.15) is 50.4 Å². The summed E-state index contributed by atoms with van der Waals surface area (Å²) in [4.78, 5) is 14.7. The van der Waals surface area contributed by atoms with E-state index in [0.717, 1.165) is 25.3 Å². The molecule has 4 rings (SSSR count). The summed E-state index contributed by atoms with van der Waals surface area (Å²) in [5.74, 6) is -1.05. The van der Waals surface area contributed by atoms with Crippen LogP contribution in [-0.2, 0) is 14.8 Å². The Morgan fingerprint density at radius 1 is 1.17 bits per heavy atom. The zero-order valence-electron chi connectivity index (χ0n) is 17.3. The molecule has 2 atom stereocenters. The smallest absolute Gasteiger partial charge is 0.254 e. The number of nitrogens with zero attached hydrogens (tertiary/aromatic N) is 2. The van der Waals surface area contributed by atoms with Crippen LogP contribution < -0.4 is 0 Å². The highest BCUT2D eigenvalue weighted by molar-refractivity contribution is 7.89. The van der Waals surface area contributed by atoms with E-state index in [1.165, 1.54) is 16.4 Å². The second-order valence-electron chi connectivity index (χ2n) is 9.81. The van der Waals surface area contributed by atoms with E-state index < -0.39 is 20.7 Å². The minimum atomic E-state index is -4.01. The molecule has 1 aromatic carbocycles. The van der Waals surface area contributed by atoms with E-state index >= 15 is 0 Å². The Balaban J connectivity index is 1.63. The van der Waals surface area contributed by atoms with Crippen LogP contribution in [-0.4, -0.2) is 62.4 Å². The highest BCUT2D eigenvalue weighted by Crippen LogP contribution is 2.52. The lowest BCUT2D eigenvalue weighted by Crippen LogP contribution is -2.41. The quantitative estimate of drug-likeness (QED) is 0.748. The second kappa shape index (κ2) is 7.03. The first-order valence-electron chi connectivity index (χ1n) is 10.2. The van der Waals surface area contributed by atoms with E-state index in [0.29, 0.717) is 6.54 Å². The molecule has 29 heavy (non-hydrogen) atoms. The van der Waals surface area contributed by atoms with Gasteiger partial charge in [-0.2, -0.15) is 4.31 Å². The molecule has 0 aromatic heterocycles. The molecule has 1 saturated carbocycles. The van der Waals surface area contributed by atoms with Gasteiger partial charge in [0.25, 0.3) is 5.91 Å². The van der Waals surface area contributed by atoms with Crippen LogP contribution >= 0.6 is 0 Å². The number of likely N-dealkylation sites (tertiary alicyclic amines) is 1. The molecule has 2 heterocycles. The average molecular weight is 425 g/mol. The number of hydrogen-bond acceptors (Lipinski definition) is 4. The monoisotopic (exact) mass is 424 g/mol. The van der Waals surface area contributed by atoms with Gasteiger partial charge in [-0.15, -0.1) is 0 Å². The molecule has 2 bridgehead atoms. The SMILES string of the molecule is CC1(C)C[C@H]2C[C@](C)(CN2C(=O)c2ccc(F)c(S(=O)(=O)N3CCOCC3)c2)C1. The van der Waals surface area contributed by atoms with Crippen molar-refractivity contribution in [3.63, 3.8) is 0 Å². The number of amides is 1. The Morgan fingerprint density at radius 3 is 2.55 bits per heavy atom. The van der Waals surface area contributed by atoms with Crippen molar-refractivity contribution in [2.75, 3.05) is 32.8 Å². The van der Waals surface area contributed by atoms with E-state index in [-0.39, 0.29) is 54.6 Å². The molecule has 0 N–H and O–H groups in total. The van der Waals surface area contributed by atoms with Crippen molar-refractivity contribution >= 4 is 15.9 Å². The molecule has 0 spiro atoms. The third-order valence-corrected chi connectivity index (χ3v) is 8.36. The molecular weight excluding hydrogens is 395 g/mol. The van der Waals surface area contributed by atoms with Crippen molar-refractivity contribution in [3.05, 3.63) is 29.6 Å². The van der Waals surface area contributed by atoms with Crippen LogP contribution in [0.2, 0.25) is 0 Å². The molecule has 1 aliphatic carbocycles. The number of carbonyl (C=O) groups excluding carboxylic acids is 1. The van der Waals surface area contributed by atoms with Gasteiger partial charge in [0.15, 0.2) is 0 Å². The van der Waals surface area contributed by atoms with Gasteiger partial charge in [0.1, 0.15) is 10.7 Å². The lowest BCUT2D eigenvalue weighted by Gasteiger charge is -2.39. The Hall–Kier alpha value is -1.51. The number of rotatable bonds is 3. The van der Waals surface area contributed by atoms with E-state index in [4.69, 9.17) is 4.74 Å². The van der Waals surface area contributed by atoms with Crippen molar-refractivity contribution in [2.24, 2.45) is 10.8 Å². The van der Waals surface area contributed by atoms with Crippen molar-refractivity contribution < 1.29 is 22.3 Å². The fraction of sp³-hybridized carbons (Fsp3) is 0.667. The second-order valence-corrected chi connectivity index (χ2v) is 11.7. The largest absolute Gasteiger partial charge is 0.379 e. The molecule has 2 aliphatic heterocycles. The van der Waals surface area contributed by atoms with Crippen molar-refractivity contribution in [1.29, 1.82) is 0 Å². The Labute approximate surface area is 172 Å².